The Bertz CT molecular complexity index is 429. The molecule has 1 N–H and O–H groups in total. The van der Waals surface area contributed by atoms with E-state index in [-0.39, 0.29) is 0 Å². The Balaban J connectivity index is 2.10. The smallest absolute Gasteiger partial charge is 0.407 e. The number of benzene rings is 1. The first-order chi connectivity index (χ1) is 8.08. The zero-order valence-electron chi connectivity index (χ0n) is 9.69. The number of rotatable bonds is 1. The maximum absolute atomic E-state index is 10.8. The van der Waals surface area contributed by atoms with E-state index in [2.05, 4.69) is 4.90 Å². The minimum atomic E-state index is -0.840. The van der Waals surface area contributed by atoms with Crippen molar-refractivity contribution in [1.82, 2.24) is 4.90 Å². The van der Waals surface area contributed by atoms with Gasteiger partial charge in [-0.2, -0.15) is 0 Å². The Labute approximate surface area is 105 Å². The molecule has 1 aromatic carbocycles. The summed E-state index contributed by atoms with van der Waals surface area (Å²) in [4.78, 5) is 14.4. The molecule has 0 aromatic heterocycles. The molecule has 2 rings (SSSR count). The molecule has 0 atom stereocenters. The van der Waals surface area contributed by atoms with Crippen LogP contribution in [0.5, 0.6) is 0 Å². The van der Waals surface area contributed by atoms with Crippen molar-refractivity contribution < 1.29 is 9.90 Å². The van der Waals surface area contributed by atoms with Gasteiger partial charge in [0, 0.05) is 36.9 Å². The lowest BCUT2D eigenvalue weighted by molar-refractivity contribution is 0.142. The molecular weight excluding hydrogens is 240 g/mol. The molecule has 0 radical (unpaired) electrons. The van der Waals surface area contributed by atoms with Crippen LogP contribution in [0.4, 0.5) is 10.5 Å². The van der Waals surface area contributed by atoms with Gasteiger partial charge < -0.3 is 14.9 Å². The standard InChI is InChI=1S/C12H15ClN2O2/c1-9-2-3-10(13)8-11(9)14-4-6-15(7-5-14)12(16)17/h2-3,8H,4-7H2,1H3,(H,16,17). The SMILES string of the molecule is Cc1ccc(Cl)cc1N1CCN(C(=O)O)CC1. The molecular formula is C12H15ClN2O2. The highest BCUT2D eigenvalue weighted by atomic mass is 35.5. The number of amides is 1. The van der Waals surface area contributed by atoms with Crippen LogP contribution >= 0.6 is 11.6 Å². The molecule has 5 heteroatoms. The fraction of sp³-hybridized carbons (Fsp3) is 0.417. The Morgan fingerprint density at radius 2 is 1.94 bits per heavy atom. The Hall–Kier alpha value is -1.42. The molecule has 1 fully saturated rings. The largest absolute Gasteiger partial charge is 0.465 e. The number of piperazine rings is 1. The number of carboxylic acid groups (broad SMARTS) is 1. The molecule has 0 saturated carbocycles. The fourth-order valence-corrected chi connectivity index (χ4v) is 2.23. The van der Waals surface area contributed by atoms with Crippen LogP contribution in [0, 0.1) is 6.92 Å². The van der Waals surface area contributed by atoms with Gasteiger partial charge in [0.25, 0.3) is 0 Å². The van der Waals surface area contributed by atoms with Gasteiger partial charge in [0.1, 0.15) is 0 Å². The zero-order valence-corrected chi connectivity index (χ0v) is 10.4. The molecule has 0 aliphatic carbocycles. The monoisotopic (exact) mass is 254 g/mol. The first kappa shape index (κ1) is 12.0. The van der Waals surface area contributed by atoms with E-state index in [1.165, 1.54) is 4.90 Å². The average molecular weight is 255 g/mol. The highest BCUT2D eigenvalue weighted by Crippen LogP contribution is 2.25. The van der Waals surface area contributed by atoms with Gasteiger partial charge in [0.05, 0.1) is 0 Å². The van der Waals surface area contributed by atoms with E-state index in [4.69, 9.17) is 16.7 Å². The summed E-state index contributed by atoms with van der Waals surface area (Å²) >= 11 is 5.98. The quantitative estimate of drug-likeness (QED) is 0.837. The number of anilines is 1. The summed E-state index contributed by atoms with van der Waals surface area (Å²) in [6.07, 6.45) is -0.840. The molecule has 0 spiro atoms. The summed E-state index contributed by atoms with van der Waals surface area (Å²) in [6, 6.07) is 5.79. The van der Waals surface area contributed by atoms with Crippen LogP contribution < -0.4 is 4.90 Å². The second-order valence-electron chi connectivity index (χ2n) is 4.19. The highest BCUT2D eigenvalue weighted by molar-refractivity contribution is 6.30. The van der Waals surface area contributed by atoms with Crippen molar-refractivity contribution in [3.63, 3.8) is 0 Å². The maximum Gasteiger partial charge on any atom is 0.407 e. The van der Waals surface area contributed by atoms with Crippen LogP contribution in [0.1, 0.15) is 5.56 Å². The van der Waals surface area contributed by atoms with Gasteiger partial charge in [-0.15, -0.1) is 0 Å². The Morgan fingerprint density at radius 1 is 1.29 bits per heavy atom. The first-order valence-electron chi connectivity index (χ1n) is 5.57. The number of hydrogen-bond acceptors (Lipinski definition) is 2. The second kappa shape index (κ2) is 4.84. The molecule has 1 amide bonds. The number of aryl methyl sites for hydroxylation is 1. The summed E-state index contributed by atoms with van der Waals surface area (Å²) in [5.41, 5.74) is 2.26. The Kier molecular flexibility index (Phi) is 3.43. The van der Waals surface area contributed by atoms with Crippen LogP contribution in [0.2, 0.25) is 5.02 Å². The van der Waals surface area contributed by atoms with E-state index >= 15 is 0 Å². The van der Waals surface area contributed by atoms with Gasteiger partial charge in [-0.3, -0.25) is 0 Å². The molecule has 92 valence electrons. The molecule has 17 heavy (non-hydrogen) atoms. The predicted molar refractivity (Wildman–Crippen MR) is 68.0 cm³/mol. The van der Waals surface area contributed by atoms with Crippen LogP contribution in [-0.2, 0) is 0 Å². The molecule has 0 bridgehead atoms. The van der Waals surface area contributed by atoms with Gasteiger partial charge in [-0.25, -0.2) is 4.79 Å². The van der Waals surface area contributed by atoms with Gasteiger partial charge in [0.2, 0.25) is 0 Å². The molecule has 1 heterocycles. The van der Waals surface area contributed by atoms with Crippen LogP contribution in [0.25, 0.3) is 0 Å². The molecule has 0 unspecified atom stereocenters. The summed E-state index contributed by atoms with van der Waals surface area (Å²) in [5, 5.41) is 9.59. The number of halogens is 1. The number of hydrogen-bond donors (Lipinski definition) is 1. The lowest BCUT2D eigenvalue weighted by atomic mass is 10.1. The number of carbonyl (C=O) groups is 1. The minimum absolute atomic E-state index is 0.543. The summed E-state index contributed by atoms with van der Waals surface area (Å²) in [6.45, 7) is 4.55. The average Bonchev–Trinajstić information content (AvgIpc) is 2.32. The highest BCUT2D eigenvalue weighted by Gasteiger charge is 2.21. The van der Waals surface area contributed by atoms with Gasteiger partial charge in [-0.05, 0) is 24.6 Å². The molecule has 4 nitrogen and oxygen atoms in total. The predicted octanol–water partition coefficient (Wildman–Crippen LogP) is 2.45. The fourth-order valence-electron chi connectivity index (χ4n) is 2.06. The molecule has 1 aliphatic heterocycles. The lowest BCUT2D eigenvalue weighted by Crippen LogP contribution is -2.48. The number of nitrogens with zero attached hydrogens (tertiary/aromatic N) is 2. The third-order valence-corrected chi connectivity index (χ3v) is 3.30. The van der Waals surface area contributed by atoms with Gasteiger partial charge in [0.15, 0.2) is 0 Å². The van der Waals surface area contributed by atoms with Crippen molar-refractivity contribution in [2.45, 2.75) is 6.92 Å². The van der Waals surface area contributed by atoms with Crippen LogP contribution in [0.15, 0.2) is 18.2 Å². The Morgan fingerprint density at radius 3 is 2.53 bits per heavy atom. The normalized spacial score (nSPS) is 16.1. The van der Waals surface area contributed by atoms with Crippen molar-refractivity contribution in [3.8, 4) is 0 Å². The van der Waals surface area contributed by atoms with E-state index in [0.29, 0.717) is 31.2 Å². The molecule has 1 aromatic rings. The minimum Gasteiger partial charge on any atom is -0.465 e. The van der Waals surface area contributed by atoms with Gasteiger partial charge in [-0.1, -0.05) is 17.7 Å². The van der Waals surface area contributed by atoms with E-state index in [0.717, 1.165) is 11.3 Å². The van der Waals surface area contributed by atoms with E-state index in [9.17, 15) is 4.79 Å². The molecule has 1 saturated heterocycles. The van der Waals surface area contributed by atoms with Crippen molar-refractivity contribution in [3.05, 3.63) is 28.8 Å². The topological polar surface area (TPSA) is 43.8 Å². The zero-order chi connectivity index (χ0) is 12.4. The van der Waals surface area contributed by atoms with Gasteiger partial charge >= 0.3 is 6.09 Å². The van der Waals surface area contributed by atoms with E-state index in [1.807, 2.05) is 25.1 Å². The van der Waals surface area contributed by atoms with E-state index < -0.39 is 6.09 Å². The third-order valence-electron chi connectivity index (χ3n) is 3.06. The summed E-state index contributed by atoms with van der Waals surface area (Å²) in [7, 11) is 0. The van der Waals surface area contributed by atoms with E-state index in [1.54, 1.807) is 0 Å². The van der Waals surface area contributed by atoms with Crippen molar-refractivity contribution >= 4 is 23.4 Å². The lowest BCUT2D eigenvalue weighted by Gasteiger charge is -2.35. The van der Waals surface area contributed by atoms with Crippen molar-refractivity contribution in [1.29, 1.82) is 0 Å². The summed E-state index contributed by atoms with van der Waals surface area (Å²) < 4.78 is 0. The van der Waals surface area contributed by atoms with Crippen LogP contribution in [0.3, 0.4) is 0 Å². The molecule has 1 aliphatic rings. The first-order valence-corrected chi connectivity index (χ1v) is 5.94. The summed E-state index contributed by atoms with van der Waals surface area (Å²) in [5.74, 6) is 0. The maximum atomic E-state index is 10.8. The van der Waals surface area contributed by atoms with Crippen molar-refractivity contribution in [2.75, 3.05) is 31.1 Å². The van der Waals surface area contributed by atoms with Crippen molar-refractivity contribution in [2.24, 2.45) is 0 Å². The second-order valence-corrected chi connectivity index (χ2v) is 4.62. The third kappa shape index (κ3) is 2.64. The van der Waals surface area contributed by atoms with Crippen LogP contribution in [-0.4, -0.2) is 42.3 Å².